The van der Waals surface area contributed by atoms with E-state index in [1.54, 1.807) is 0 Å². The number of hydrogen-bond acceptors (Lipinski definition) is 6. The average molecular weight is 340 g/mol. The molecule has 1 N–H and O–H groups in total. The number of aromatic nitrogens is 2. The maximum Gasteiger partial charge on any atom is 0.233 e. The van der Waals surface area contributed by atoms with Crippen LogP contribution in [0.3, 0.4) is 0 Å². The predicted molar refractivity (Wildman–Crippen MR) is 94.7 cm³/mol. The highest BCUT2D eigenvalue weighted by molar-refractivity contribution is 5.60. The summed E-state index contributed by atoms with van der Waals surface area (Å²) in [7, 11) is 0. The van der Waals surface area contributed by atoms with Gasteiger partial charge in [-0.25, -0.2) is 0 Å². The number of benzene rings is 1. The summed E-state index contributed by atoms with van der Waals surface area (Å²) in [5, 5.41) is 7.77. The van der Waals surface area contributed by atoms with Crippen LogP contribution in [-0.4, -0.2) is 49.5 Å². The van der Waals surface area contributed by atoms with E-state index in [1.807, 2.05) is 0 Å². The molecule has 1 aliphatic carbocycles. The molecule has 1 saturated carbocycles. The molecular weight excluding hydrogens is 316 g/mol. The van der Waals surface area contributed by atoms with Crippen molar-refractivity contribution in [3.63, 3.8) is 0 Å². The van der Waals surface area contributed by atoms with Crippen LogP contribution in [0.15, 0.2) is 28.8 Å². The molecule has 5 rings (SSSR count). The van der Waals surface area contributed by atoms with Crippen molar-refractivity contribution < 1.29 is 9.26 Å². The van der Waals surface area contributed by atoms with Crippen LogP contribution in [0.4, 0.5) is 5.69 Å². The maximum atomic E-state index is 5.69. The minimum Gasteiger partial charge on any atom is -0.378 e. The third kappa shape index (κ3) is 2.73. The first-order valence-corrected chi connectivity index (χ1v) is 9.33. The van der Waals surface area contributed by atoms with Gasteiger partial charge in [-0.05, 0) is 62.5 Å². The van der Waals surface area contributed by atoms with E-state index in [1.165, 1.54) is 18.5 Å². The Hall–Kier alpha value is -1.92. The fourth-order valence-electron chi connectivity index (χ4n) is 4.31. The molecule has 0 amide bonds. The molecule has 25 heavy (non-hydrogen) atoms. The molecule has 6 heteroatoms. The van der Waals surface area contributed by atoms with Gasteiger partial charge in [-0.15, -0.1) is 0 Å². The van der Waals surface area contributed by atoms with Gasteiger partial charge in [0.15, 0.2) is 0 Å². The Labute approximate surface area is 147 Å². The van der Waals surface area contributed by atoms with E-state index >= 15 is 0 Å². The molecule has 1 aromatic heterocycles. The van der Waals surface area contributed by atoms with Gasteiger partial charge in [0.2, 0.25) is 11.7 Å². The molecule has 0 spiro atoms. The number of hydrogen-bond donors (Lipinski definition) is 1. The van der Waals surface area contributed by atoms with Gasteiger partial charge < -0.3 is 19.5 Å². The molecule has 3 fully saturated rings. The summed E-state index contributed by atoms with van der Waals surface area (Å²) in [6, 6.07) is 8.47. The Kier molecular flexibility index (Phi) is 3.75. The third-order valence-corrected chi connectivity index (χ3v) is 5.95. The van der Waals surface area contributed by atoms with Crippen molar-refractivity contribution in [3.05, 3.63) is 30.2 Å². The van der Waals surface area contributed by atoms with Gasteiger partial charge in [-0.3, -0.25) is 0 Å². The molecular formula is C19H24N4O2. The van der Waals surface area contributed by atoms with E-state index in [2.05, 4.69) is 39.6 Å². The predicted octanol–water partition coefficient (Wildman–Crippen LogP) is 2.21. The van der Waals surface area contributed by atoms with Crippen LogP contribution in [-0.2, 0) is 10.2 Å². The summed E-state index contributed by atoms with van der Waals surface area (Å²) in [6.45, 7) is 5.67. The van der Waals surface area contributed by atoms with Crippen LogP contribution in [0.2, 0.25) is 0 Å². The number of morpholine rings is 1. The first-order valence-electron chi connectivity index (χ1n) is 9.33. The Morgan fingerprint density at radius 2 is 2.00 bits per heavy atom. The molecule has 2 aliphatic heterocycles. The third-order valence-electron chi connectivity index (χ3n) is 5.95. The zero-order chi connectivity index (χ0) is 16.7. The fraction of sp³-hybridized carbons (Fsp3) is 0.579. The van der Waals surface area contributed by atoms with Gasteiger partial charge in [-0.2, -0.15) is 4.98 Å². The highest BCUT2D eigenvalue weighted by Gasteiger charge is 2.59. The van der Waals surface area contributed by atoms with E-state index in [0.717, 1.165) is 57.3 Å². The van der Waals surface area contributed by atoms with Gasteiger partial charge in [0.1, 0.15) is 0 Å². The molecule has 2 aromatic rings. The van der Waals surface area contributed by atoms with Crippen molar-refractivity contribution in [1.29, 1.82) is 0 Å². The molecule has 0 bridgehead atoms. The largest absolute Gasteiger partial charge is 0.378 e. The minimum atomic E-state index is 0.141. The minimum absolute atomic E-state index is 0.141. The van der Waals surface area contributed by atoms with E-state index in [0.29, 0.717) is 11.7 Å². The summed E-state index contributed by atoms with van der Waals surface area (Å²) in [4.78, 5) is 7.11. The van der Waals surface area contributed by atoms with E-state index in [9.17, 15) is 0 Å². The van der Waals surface area contributed by atoms with Crippen LogP contribution in [0.1, 0.15) is 25.2 Å². The van der Waals surface area contributed by atoms with Crippen molar-refractivity contribution in [2.45, 2.75) is 24.7 Å². The first-order chi connectivity index (χ1) is 12.4. The number of nitrogens with zero attached hydrogens (tertiary/aromatic N) is 3. The van der Waals surface area contributed by atoms with Crippen LogP contribution in [0.5, 0.6) is 0 Å². The quantitative estimate of drug-likeness (QED) is 0.924. The molecule has 3 heterocycles. The van der Waals surface area contributed by atoms with E-state index in [-0.39, 0.29) is 5.41 Å². The van der Waals surface area contributed by atoms with Crippen molar-refractivity contribution in [1.82, 2.24) is 15.5 Å². The van der Waals surface area contributed by atoms with Gasteiger partial charge in [0, 0.05) is 24.3 Å². The van der Waals surface area contributed by atoms with Crippen LogP contribution < -0.4 is 10.2 Å². The van der Waals surface area contributed by atoms with E-state index in [4.69, 9.17) is 14.2 Å². The lowest BCUT2D eigenvalue weighted by molar-refractivity contribution is 0.122. The lowest BCUT2D eigenvalue weighted by Gasteiger charge is -2.28. The van der Waals surface area contributed by atoms with E-state index < -0.39 is 0 Å². The second kappa shape index (κ2) is 6.11. The molecule has 3 aliphatic rings. The van der Waals surface area contributed by atoms with Crippen molar-refractivity contribution >= 4 is 5.69 Å². The maximum absolute atomic E-state index is 5.69. The Morgan fingerprint density at radius 1 is 1.16 bits per heavy atom. The highest BCUT2D eigenvalue weighted by Crippen LogP contribution is 2.57. The SMILES string of the molecule is c1cc(N2CCOCC2)ccc1-c1noc(C23CCCNCC2C3)n1. The Balaban J connectivity index is 1.35. The Morgan fingerprint density at radius 3 is 2.84 bits per heavy atom. The van der Waals surface area contributed by atoms with Crippen LogP contribution >= 0.6 is 0 Å². The zero-order valence-corrected chi connectivity index (χ0v) is 14.4. The normalized spacial score (nSPS) is 29.1. The standard InChI is InChI=1S/C19H24N4O2/c1-6-19(12-15(19)13-20-7-1)18-21-17(22-25-18)14-2-4-16(5-3-14)23-8-10-24-11-9-23/h2-5,15,20H,1,6-13H2. The number of fused-ring (bicyclic) bond motifs is 1. The number of anilines is 1. The zero-order valence-electron chi connectivity index (χ0n) is 14.4. The van der Waals surface area contributed by atoms with Gasteiger partial charge in [0.05, 0.1) is 18.6 Å². The molecule has 6 nitrogen and oxygen atoms in total. The number of ether oxygens (including phenoxy) is 1. The van der Waals surface area contributed by atoms with Crippen LogP contribution in [0, 0.1) is 5.92 Å². The first kappa shape index (κ1) is 15.3. The number of nitrogens with one attached hydrogen (secondary N) is 1. The Bertz CT molecular complexity index is 738. The summed E-state index contributed by atoms with van der Waals surface area (Å²) in [5.74, 6) is 2.21. The molecule has 132 valence electrons. The summed E-state index contributed by atoms with van der Waals surface area (Å²) in [6.07, 6.45) is 3.52. The summed E-state index contributed by atoms with van der Waals surface area (Å²) < 4.78 is 11.1. The van der Waals surface area contributed by atoms with Crippen molar-refractivity contribution in [2.75, 3.05) is 44.3 Å². The summed E-state index contributed by atoms with van der Waals surface area (Å²) >= 11 is 0. The van der Waals surface area contributed by atoms with Gasteiger partial charge in [0.25, 0.3) is 0 Å². The molecule has 2 unspecified atom stereocenters. The van der Waals surface area contributed by atoms with Crippen molar-refractivity contribution in [3.8, 4) is 11.4 Å². The van der Waals surface area contributed by atoms with Crippen molar-refractivity contribution in [2.24, 2.45) is 5.92 Å². The molecule has 0 radical (unpaired) electrons. The second-order valence-electron chi connectivity index (χ2n) is 7.43. The smallest absolute Gasteiger partial charge is 0.233 e. The second-order valence-corrected chi connectivity index (χ2v) is 7.43. The summed E-state index contributed by atoms with van der Waals surface area (Å²) in [5.41, 5.74) is 2.39. The molecule has 1 aromatic carbocycles. The molecule has 2 saturated heterocycles. The average Bonchev–Trinajstić information content (AvgIpc) is 3.21. The fourth-order valence-corrected chi connectivity index (χ4v) is 4.31. The van der Waals surface area contributed by atoms with Gasteiger partial charge in [-0.1, -0.05) is 5.16 Å². The number of rotatable bonds is 3. The lowest BCUT2D eigenvalue weighted by Crippen LogP contribution is -2.36. The monoisotopic (exact) mass is 340 g/mol. The topological polar surface area (TPSA) is 63.4 Å². The van der Waals surface area contributed by atoms with Gasteiger partial charge >= 0.3 is 0 Å². The molecule has 2 atom stereocenters. The highest BCUT2D eigenvalue weighted by atomic mass is 16.5. The lowest BCUT2D eigenvalue weighted by atomic mass is 9.98. The van der Waals surface area contributed by atoms with Crippen LogP contribution in [0.25, 0.3) is 11.4 Å².